The molecule has 0 amide bonds. The molecule has 6 nitrogen and oxygen atoms in total. The van der Waals surface area contributed by atoms with Crippen molar-refractivity contribution < 1.29 is 19.3 Å². The Kier molecular flexibility index (Phi) is 7.63. The van der Waals surface area contributed by atoms with E-state index in [1.54, 1.807) is 25.3 Å². The average molecular weight is 482 g/mol. The quantitative estimate of drug-likeness (QED) is 0.504. The van der Waals surface area contributed by atoms with E-state index in [9.17, 15) is 10.2 Å². The van der Waals surface area contributed by atoms with Crippen molar-refractivity contribution in [3.8, 4) is 11.3 Å². The van der Waals surface area contributed by atoms with Crippen LogP contribution in [-0.2, 0) is 4.74 Å². The number of rotatable bonds is 7. The smallest absolute Gasteiger partial charge is 0.132 e. The van der Waals surface area contributed by atoms with Crippen molar-refractivity contribution in [2.75, 3.05) is 37.8 Å². The molecule has 1 aliphatic heterocycles. The molecule has 1 aromatic heterocycles. The van der Waals surface area contributed by atoms with Gasteiger partial charge in [0, 0.05) is 34.6 Å². The van der Waals surface area contributed by atoms with Crippen LogP contribution >= 0.6 is 11.8 Å². The van der Waals surface area contributed by atoms with E-state index in [0.29, 0.717) is 40.5 Å². The third-order valence-corrected chi connectivity index (χ3v) is 6.91. The molecule has 34 heavy (non-hydrogen) atoms. The van der Waals surface area contributed by atoms with Gasteiger partial charge >= 0.3 is 0 Å². The van der Waals surface area contributed by atoms with Crippen LogP contribution in [0, 0.1) is 12.7 Å². The number of aliphatic hydroxyl groups is 2. The lowest BCUT2D eigenvalue weighted by Crippen LogP contribution is -2.36. The van der Waals surface area contributed by atoms with Gasteiger partial charge in [-0.15, -0.1) is 11.8 Å². The molecular formula is C26H28FN3O3S. The van der Waals surface area contributed by atoms with Crippen LogP contribution in [0.5, 0.6) is 0 Å². The maximum atomic E-state index is 15.1. The van der Waals surface area contributed by atoms with E-state index in [-0.39, 0.29) is 6.61 Å². The summed E-state index contributed by atoms with van der Waals surface area (Å²) in [5, 5.41) is 22.6. The third-order valence-electron chi connectivity index (χ3n) is 5.87. The van der Waals surface area contributed by atoms with E-state index in [1.807, 2.05) is 18.2 Å². The summed E-state index contributed by atoms with van der Waals surface area (Å²) >= 11 is 1.24. The first kappa shape index (κ1) is 24.3. The first-order valence-electron chi connectivity index (χ1n) is 11.1. The molecule has 0 aliphatic carbocycles. The highest BCUT2D eigenvalue weighted by atomic mass is 32.2. The fraction of sp³-hybridized carbons (Fsp3) is 0.308. The lowest BCUT2D eigenvalue weighted by molar-refractivity contribution is 0.122. The van der Waals surface area contributed by atoms with Gasteiger partial charge in [0.05, 0.1) is 31.0 Å². The van der Waals surface area contributed by atoms with Crippen LogP contribution in [-0.4, -0.2) is 53.1 Å². The number of aromatic nitrogens is 2. The number of benzene rings is 2. The Morgan fingerprint density at radius 3 is 2.76 bits per heavy atom. The standard InChI is InChI=1S/C26H28FN3O3S/c1-16(13-31)14-34-18(3)26(32)21-12-22(23(27)10-17(21)2)25-20-5-4-19(11-24(20)28-15-29-25)30-6-8-33-9-7-30/h4-5,10-12,14-15,26,31-32H,3,6-9,13H2,1-2H3/b16-14+/t26-/m0/s1. The number of ether oxygens (including phenoxy) is 1. The highest BCUT2D eigenvalue weighted by Gasteiger charge is 2.20. The Balaban J connectivity index is 1.71. The van der Waals surface area contributed by atoms with E-state index < -0.39 is 11.9 Å². The molecule has 8 heteroatoms. The first-order chi connectivity index (χ1) is 16.4. The van der Waals surface area contributed by atoms with Crippen LogP contribution < -0.4 is 4.90 Å². The highest BCUT2D eigenvalue weighted by Crippen LogP contribution is 2.37. The number of hydrogen-bond acceptors (Lipinski definition) is 7. The van der Waals surface area contributed by atoms with E-state index in [0.717, 1.165) is 35.3 Å². The van der Waals surface area contributed by atoms with Gasteiger partial charge in [0.2, 0.25) is 0 Å². The molecule has 1 saturated heterocycles. The minimum atomic E-state index is -1.01. The Bertz CT molecular complexity index is 1240. The van der Waals surface area contributed by atoms with E-state index in [2.05, 4.69) is 21.4 Å². The van der Waals surface area contributed by atoms with Crippen molar-refractivity contribution in [2.45, 2.75) is 20.0 Å². The molecule has 1 aliphatic rings. The van der Waals surface area contributed by atoms with Gasteiger partial charge in [0.25, 0.3) is 0 Å². The van der Waals surface area contributed by atoms with Gasteiger partial charge in [-0.3, -0.25) is 0 Å². The van der Waals surface area contributed by atoms with Crippen molar-refractivity contribution in [3.63, 3.8) is 0 Å². The van der Waals surface area contributed by atoms with Crippen molar-refractivity contribution in [3.05, 3.63) is 76.1 Å². The zero-order valence-electron chi connectivity index (χ0n) is 19.3. The molecule has 0 spiro atoms. The topological polar surface area (TPSA) is 78.7 Å². The second-order valence-corrected chi connectivity index (χ2v) is 9.32. The van der Waals surface area contributed by atoms with Crippen molar-refractivity contribution in [1.82, 2.24) is 9.97 Å². The van der Waals surface area contributed by atoms with Gasteiger partial charge < -0.3 is 19.8 Å². The monoisotopic (exact) mass is 481 g/mol. The second-order valence-electron chi connectivity index (χ2n) is 8.32. The number of aliphatic hydroxyl groups excluding tert-OH is 2. The number of anilines is 1. The predicted octanol–water partition coefficient (Wildman–Crippen LogP) is 4.76. The van der Waals surface area contributed by atoms with Crippen LogP contribution in [0.3, 0.4) is 0 Å². The minimum absolute atomic E-state index is 0.0653. The summed E-state index contributed by atoms with van der Waals surface area (Å²) in [5.41, 5.74) is 4.47. The molecule has 0 radical (unpaired) electrons. The fourth-order valence-electron chi connectivity index (χ4n) is 3.90. The summed E-state index contributed by atoms with van der Waals surface area (Å²) < 4.78 is 20.6. The summed E-state index contributed by atoms with van der Waals surface area (Å²) in [7, 11) is 0. The Morgan fingerprint density at radius 1 is 1.26 bits per heavy atom. The largest absolute Gasteiger partial charge is 0.392 e. The van der Waals surface area contributed by atoms with Gasteiger partial charge in [0.1, 0.15) is 18.2 Å². The average Bonchev–Trinajstić information content (AvgIpc) is 2.86. The SMILES string of the molecule is C=C(S/C=C(\C)CO)[C@H](O)c1cc(-c2ncnc3cc(N4CCOCC4)ccc23)c(F)cc1C. The number of aryl methyl sites for hydroxylation is 1. The zero-order chi connectivity index (χ0) is 24.2. The van der Waals surface area contributed by atoms with Crippen molar-refractivity contribution in [2.24, 2.45) is 0 Å². The summed E-state index contributed by atoms with van der Waals surface area (Å²) in [4.78, 5) is 11.5. The molecule has 0 unspecified atom stereocenters. The third kappa shape index (κ3) is 5.15. The minimum Gasteiger partial charge on any atom is -0.392 e. The zero-order valence-corrected chi connectivity index (χ0v) is 20.1. The Morgan fingerprint density at radius 2 is 2.03 bits per heavy atom. The Hall–Kier alpha value is -2.78. The molecular weight excluding hydrogens is 453 g/mol. The fourth-order valence-corrected chi connectivity index (χ4v) is 4.58. The highest BCUT2D eigenvalue weighted by molar-refractivity contribution is 8.05. The number of halogens is 1. The molecule has 1 atom stereocenters. The van der Waals surface area contributed by atoms with E-state index >= 15 is 4.39 Å². The number of thioether (sulfide) groups is 1. The molecule has 4 rings (SSSR count). The maximum Gasteiger partial charge on any atom is 0.132 e. The van der Waals surface area contributed by atoms with E-state index in [4.69, 9.17) is 4.74 Å². The van der Waals surface area contributed by atoms with Crippen molar-refractivity contribution in [1.29, 1.82) is 0 Å². The van der Waals surface area contributed by atoms with Crippen LogP contribution in [0.25, 0.3) is 22.2 Å². The Labute approximate surface area is 202 Å². The molecule has 2 N–H and O–H groups in total. The molecule has 2 aromatic carbocycles. The lowest BCUT2D eigenvalue weighted by Gasteiger charge is -2.29. The first-order valence-corrected chi connectivity index (χ1v) is 11.9. The lowest BCUT2D eigenvalue weighted by atomic mass is 9.96. The molecule has 1 fully saturated rings. The van der Waals surface area contributed by atoms with Crippen molar-refractivity contribution >= 4 is 28.4 Å². The summed E-state index contributed by atoms with van der Waals surface area (Å²) in [5.74, 6) is -0.417. The summed E-state index contributed by atoms with van der Waals surface area (Å²) in [6.07, 6.45) is 0.432. The predicted molar refractivity (Wildman–Crippen MR) is 135 cm³/mol. The molecule has 0 saturated carbocycles. The van der Waals surface area contributed by atoms with Crippen LogP contribution in [0.1, 0.15) is 24.2 Å². The van der Waals surface area contributed by atoms with Crippen LogP contribution in [0.2, 0.25) is 0 Å². The van der Waals surface area contributed by atoms with Gasteiger partial charge in [-0.1, -0.05) is 6.58 Å². The van der Waals surface area contributed by atoms with Gasteiger partial charge in [0.15, 0.2) is 0 Å². The molecule has 2 heterocycles. The number of morpholine rings is 1. The van der Waals surface area contributed by atoms with Gasteiger partial charge in [-0.05, 0) is 66.3 Å². The summed E-state index contributed by atoms with van der Waals surface area (Å²) in [6, 6.07) is 8.96. The molecule has 0 bridgehead atoms. The van der Waals surface area contributed by atoms with Crippen LogP contribution in [0.4, 0.5) is 10.1 Å². The number of fused-ring (bicyclic) bond motifs is 1. The number of hydrogen-bond donors (Lipinski definition) is 2. The molecule has 3 aromatic rings. The molecule has 178 valence electrons. The second kappa shape index (κ2) is 10.7. The van der Waals surface area contributed by atoms with Crippen LogP contribution in [0.15, 0.2) is 59.1 Å². The van der Waals surface area contributed by atoms with Gasteiger partial charge in [-0.2, -0.15) is 0 Å². The maximum absolute atomic E-state index is 15.1. The van der Waals surface area contributed by atoms with Gasteiger partial charge in [-0.25, -0.2) is 14.4 Å². The summed E-state index contributed by atoms with van der Waals surface area (Å²) in [6.45, 7) is 10.4. The normalized spacial score (nSPS) is 15.6. The van der Waals surface area contributed by atoms with E-state index in [1.165, 1.54) is 24.2 Å². The number of nitrogens with zero attached hydrogens (tertiary/aromatic N) is 3.